The Bertz CT molecular complexity index is 791. The number of rotatable bonds is 7. The molecule has 24 heavy (non-hydrogen) atoms. The van der Waals surface area contributed by atoms with Gasteiger partial charge in [0.15, 0.2) is 0 Å². The van der Waals surface area contributed by atoms with Crippen molar-refractivity contribution in [2.75, 3.05) is 13.2 Å². The topological polar surface area (TPSA) is 95.5 Å². The molecule has 2 aromatic carbocycles. The SMILES string of the molecule is C[C@@H](NS(=O)(=O)c1cccc(C(=O)NCCO)c1)c1ccccc1. The molecular formula is C17H20N2O4S. The maximum atomic E-state index is 12.5. The maximum absolute atomic E-state index is 12.5. The number of aliphatic hydroxyl groups is 1. The van der Waals surface area contributed by atoms with Crippen molar-refractivity contribution in [2.45, 2.75) is 17.9 Å². The highest BCUT2D eigenvalue weighted by molar-refractivity contribution is 7.89. The van der Waals surface area contributed by atoms with Gasteiger partial charge in [-0.3, -0.25) is 4.79 Å². The molecule has 0 unspecified atom stereocenters. The number of nitrogens with one attached hydrogen (secondary N) is 2. The molecular weight excluding hydrogens is 328 g/mol. The molecule has 1 atom stereocenters. The second-order valence-corrected chi connectivity index (χ2v) is 6.97. The van der Waals surface area contributed by atoms with Gasteiger partial charge in [-0.1, -0.05) is 36.4 Å². The van der Waals surface area contributed by atoms with Crippen molar-refractivity contribution in [1.29, 1.82) is 0 Å². The van der Waals surface area contributed by atoms with Crippen LogP contribution in [0.2, 0.25) is 0 Å². The monoisotopic (exact) mass is 348 g/mol. The van der Waals surface area contributed by atoms with E-state index in [1.807, 2.05) is 30.3 Å². The van der Waals surface area contributed by atoms with E-state index >= 15 is 0 Å². The van der Waals surface area contributed by atoms with Crippen molar-refractivity contribution in [2.24, 2.45) is 0 Å². The Balaban J connectivity index is 2.19. The fourth-order valence-corrected chi connectivity index (χ4v) is 3.46. The Morgan fingerprint density at radius 3 is 2.50 bits per heavy atom. The third-order valence-corrected chi connectivity index (χ3v) is 4.97. The first-order chi connectivity index (χ1) is 11.4. The second-order valence-electron chi connectivity index (χ2n) is 5.26. The van der Waals surface area contributed by atoms with Gasteiger partial charge in [0.25, 0.3) is 5.91 Å². The smallest absolute Gasteiger partial charge is 0.251 e. The standard InChI is InChI=1S/C17H20N2O4S/c1-13(14-6-3-2-4-7-14)19-24(22,23)16-9-5-8-15(12-16)17(21)18-10-11-20/h2-9,12-13,19-20H,10-11H2,1H3,(H,18,21)/t13-/m1/s1. The molecule has 0 aliphatic rings. The average Bonchev–Trinajstić information content (AvgIpc) is 2.60. The summed E-state index contributed by atoms with van der Waals surface area (Å²) in [4.78, 5) is 11.9. The van der Waals surface area contributed by atoms with E-state index < -0.39 is 22.0 Å². The number of benzene rings is 2. The molecule has 128 valence electrons. The first-order valence-electron chi connectivity index (χ1n) is 7.50. The number of hydrogen-bond donors (Lipinski definition) is 3. The zero-order valence-electron chi connectivity index (χ0n) is 13.3. The lowest BCUT2D eigenvalue weighted by Crippen LogP contribution is -2.28. The summed E-state index contributed by atoms with van der Waals surface area (Å²) in [5, 5.41) is 11.2. The van der Waals surface area contributed by atoms with Gasteiger partial charge in [-0.15, -0.1) is 0 Å². The predicted molar refractivity (Wildman–Crippen MR) is 91.0 cm³/mol. The number of hydrogen-bond acceptors (Lipinski definition) is 4. The van der Waals surface area contributed by atoms with Gasteiger partial charge in [-0.25, -0.2) is 13.1 Å². The Kier molecular flexibility index (Phi) is 6.08. The fraction of sp³-hybridized carbons (Fsp3) is 0.235. The molecule has 2 rings (SSSR count). The van der Waals surface area contributed by atoms with Crippen LogP contribution in [-0.4, -0.2) is 32.6 Å². The van der Waals surface area contributed by atoms with E-state index in [2.05, 4.69) is 10.0 Å². The zero-order valence-corrected chi connectivity index (χ0v) is 14.1. The summed E-state index contributed by atoms with van der Waals surface area (Å²) < 4.78 is 27.6. The molecule has 2 aromatic rings. The lowest BCUT2D eigenvalue weighted by atomic mass is 10.1. The number of carbonyl (C=O) groups is 1. The molecule has 0 spiro atoms. The van der Waals surface area contributed by atoms with E-state index in [1.54, 1.807) is 6.92 Å². The summed E-state index contributed by atoms with van der Waals surface area (Å²) in [5.74, 6) is -0.433. The molecule has 0 bridgehead atoms. The van der Waals surface area contributed by atoms with Crippen LogP contribution in [0.15, 0.2) is 59.5 Å². The lowest BCUT2D eigenvalue weighted by molar-refractivity contribution is 0.0944. The van der Waals surface area contributed by atoms with Gasteiger partial charge >= 0.3 is 0 Å². The Morgan fingerprint density at radius 2 is 1.83 bits per heavy atom. The number of aliphatic hydroxyl groups excluding tert-OH is 1. The molecule has 0 radical (unpaired) electrons. The van der Waals surface area contributed by atoms with Crippen molar-refractivity contribution < 1.29 is 18.3 Å². The second kappa shape index (κ2) is 8.05. The van der Waals surface area contributed by atoms with Gasteiger partial charge in [-0.05, 0) is 30.7 Å². The Labute approximate surface area is 141 Å². The molecule has 1 amide bonds. The summed E-state index contributed by atoms with van der Waals surface area (Å²) in [6, 6.07) is 14.6. The molecule has 0 fully saturated rings. The largest absolute Gasteiger partial charge is 0.395 e. The molecule has 0 saturated heterocycles. The summed E-state index contributed by atoms with van der Waals surface area (Å²) in [5.41, 5.74) is 1.07. The van der Waals surface area contributed by atoms with Crippen molar-refractivity contribution in [3.05, 3.63) is 65.7 Å². The van der Waals surface area contributed by atoms with Crippen LogP contribution in [0, 0.1) is 0 Å². The normalized spacial score (nSPS) is 12.6. The van der Waals surface area contributed by atoms with Crippen molar-refractivity contribution in [1.82, 2.24) is 10.0 Å². The van der Waals surface area contributed by atoms with Gasteiger partial charge in [0, 0.05) is 18.2 Å². The summed E-state index contributed by atoms with van der Waals surface area (Å²) >= 11 is 0. The number of carbonyl (C=O) groups excluding carboxylic acids is 1. The first-order valence-corrected chi connectivity index (χ1v) is 8.99. The highest BCUT2D eigenvalue weighted by Crippen LogP contribution is 2.17. The lowest BCUT2D eigenvalue weighted by Gasteiger charge is -2.15. The average molecular weight is 348 g/mol. The van der Waals surface area contributed by atoms with Crippen LogP contribution >= 0.6 is 0 Å². The highest BCUT2D eigenvalue weighted by atomic mass is 32.2. The Hall–Kier alpha value is -2.22. The van der Waals surface area contributed by atoms with Crippen molar-refractivity contribution in [3.8, 4) is 0 Å². The van der Waals surface area contributed by atoms with Crippen molar-refractivity contribution >= 4 is 15.9 Å². The van der Waals surface area contributed by atoms with E-state index in [1.165, 1.54) is 24.3 Å². The molecule has 7 heteroatoms. The van der Waals surface area contributed by atoms with Crippen LogP contribution in [0.5, 0.6) is 0 Å². The molecule has 0 aromatic heterocycles. The van der Waals surface area contributed by atoms with Crippen LogP contribution < -0.4 is 10.0 Å². The van der Waals surface area contributed by atoms with E-state index in [0.29, 0.717) is 0 Å². The molecule has 0 heterocycles. The first kappa shape index (κ1) is 18.1. The van der Waals surface area contributed by atoms with E-state index in [-0.39, 0.29) is 23.6 Å². The maximum Gasteiger partial charge on any atom is 0.251 e. The molecule has 6 nitrogen and oxygen atoms in total. The predicted octanol–water partition coefficient (Wildman–Crippen LogP) is 1.45. The van der Waals surface area contributed by atoms with Gasteiger partial charge in [0.1, 0.15) is 0 Å². The summed E-state index contributed by atoms with van der Waals surface area (Å²) in [6.45, 7) is 1.68. The fourth-order valence-electron chi connectivity index (χ4n) is 2.19. The van der Waals surface area contributed by atoms with E-state index in [0.717, 1.165) is 5.56 Å². The van der Waals surface area contributed by atoms with Crippen LogP contribution in [0.3, 0.4) is 0 Å². The van der Waals surface area contributed by atoms with Gasteiger partial charge in [0.2, 0.25) is 10.0 Å². The number of amides is 1. The third kappa shape index (κ3) is 4.64. The minimum atomic E-state index is -3.76. The van der Waals surface area contributed by atoms with Crippen LogP contribution in [-0.2, 0) is 10.0 Å². The molecule has 0 aliphatic carbocycles. The quantitative estimate of drug-likeness (QED) is 0.706. The molecule has 0 aliphatic heterocycles. The van der Waals surface area contributed by atoms with Crippen LogP contribution in [0.25, 0.3) is 0 Å². The summed E-state index contributed by atoms with van der Waals surface area (Å²) in [7, 11) is -3.76. The van der Waals surface area contributed by atoms with Gasteiger partial charge in [-0.2, -0.15) is 0 Å². The molecule has 0 saturated carbocycles. The van der Waals surface area contributed by atoms with Crippen LogP contribution in [0.4, 0.5) is 0 Å². The van der Waals surface area contributed by atoms with Gasteiger partial charge in [0.05, 0.1) is 11.5 Å². The zero-order chi connectivity index (χ0) is 17.6. The molecule has 3 N–H and O–H groups in total. The van der Waals surface area contributed by atoms with Gasteiger partial charge < -0.3 is 10.4 Å². The minimum absolute atomic E-state index is 0.0157. The van der Waals surface area contributed by atoms with Crippen molar-refractivity contribution in [3.63, 3.8) is 0 Å². The van der Waals surface area contributed by atoms with E-state index in [4.69, 9.17) is 5.11 Å². The summed E-state index contributed by atoms with van der Waals surface area (Å²) in [6.07, 6.45) is 0. The number of sulfonamides is 1. The Morgan fingerprint density at radius 1 is 1.12 bits per heavy atom. The minimum Gasteiger partial charge on any atom is -0.395 e. The third-order valence-electron chi connectivity index (χ3n) is 3.44. The van der Waals surface area contributed by atoms with E-state index in [9.17, 15) is 13.2 Å². The highest BCUT2D eigenvalue weighted by Gasteiger charge is 2.19. The van der Waals surface area contributed by atoms with Crippen LogP contribution in [0.1, 0.15) is 28.9 Å².